The van der Waals surface area contributed by atoms with Gasteiger partial charge < -0.3 is 10.4 Å². The van der Waals surface area contributed by atoms with Crippen molar-refractivity contribution in [2.75, 3.05) is 12.4 Å². The molecule has 0 saturated carbocycles. The largest absolute Gasteiger partial charge is 0.395 e. The number of benzene rings is 1. The lowest BCUT2D eigenvalue weighted by atomic mass is 10.2. The molecule has 0 aliphatic rings. The third kappa shape index (κ3) is 3.89. The van der Waals surface area contributed by atoms with Gasteiger partial charge >= 0.3 is 0 Å². The highest BCUT2D eigenvalue weighted by molar-refractivity contribution is 7.99. The van der Waals surface area contributed by atoms with E-state index in [1.165, 1.54) is 0 Å². The smallest absolute Gasteiger partial charge is 0.117 e. The van der Waals surface area contributed by atoms with E-state index >= 15 is 0 Å². The van der Waals surface area contributed by atoms with Crippen molar-refractivity contribution in [3.05, 3.63) is 30.6 Å². The fraction of sp³-hybridized carbons (Fsp3) is 0.429. The third-order valence-electron chi connectivity index (χ3n) is 2.72. The molecule has 1 aromatic heterocycles. The number of hydrogen-bond acceptors (Lipinski definition) is 5. The van der Waals surface area contributed by atoms with Gasteiger partial charge in [0.2, 0.25) is 0 Å². The summed E-state index contributed by atoms with van der Waals surface area (Å²) in [6.45, 7) is 4.29. The van der Waals surface area contributed by atoms with Gasteiger partial charge in [0.05, 0.1) is 12.1 Å². The van der Waals surface area contributed by atoms with Crippen LogP contribution in [0.5, 0.6) is 0 Å². The van der Waals surface area contributed by atoms with E-state index in [4.69, 9.17) is 0 Å². The zero-order valence-electron chi connectivity index (χ0n) is 11.2. The van der Waals surface area contributed by atoms with E-state index in [9.17, 15) is 5.11 Å². The van der Waals surface area contributed by atoms with E-state index in [0.29, 0.717) is 6.04 Å². The zero-order valence-corrected chi connectivity index (χ0v) is 12.0. The number of nitrogens with zero attached hydrogens (tertiary/aromatic N) is 2. The molecule has 0 amide bonds. The Morgan fingerprint density at radius 1 is 1.26 bits per heavy atom. The van der Waals surface area contributed by atoms with Gasteiger partial charge in [-0.15, -0.1) is 11.8 Å². The molecule has 19 heavy (non-hydrogen) atoms. The molecule has 4 nitrogen and oxygen atoms in total. The molecular weight excluding hydrogens is 258 g/mol. The van der Waals surface area contributed by atoms with Crippen molar-refractivity contribution in [2.45, 2.75) is 31.0 Å². The van der Waals surface area contributed by atoms with Crippen molar-refractivity contribution in [3.63, 3.8) is 0 Å². The maximum Gasteiger partial charge on any atom is 0.117 e. The number of rotatable bonds is 6. The molecule has 1 aromatic carbocycles. The van der Waals surface area contributed by atoms with Gasteiger partial charge in [-0.2, -0.15) is 0 Å². The van der Waals surface area contributed by atoms with Crippen LogP contribution in [0.2, 0.25) is 0 Å². The number of nitrogens with one attached hydrogen (secondary N) is 1. The average Bonchev–Trinajstić information content (AvgIpc) is 2.43. The minimum atomic E-state index is 0.0822. The Balaban J connectivity index is 2.09. The van der Waals surface area contributed by atoms with Crippen molar-refractivity contribution >= 4 is 22.7 Å². The van der Waals surface area contributed by atoms with Gasteiger partial charge in [-0.1, -0.05) is 32.0 Å². The average molecular weight is 277 g/mol. The molecule has 0 radical (unpaired) electrons. The fourth-order valence-corrected chi connectivity index (χ4v) is 2.91. The standard InChI is InChI=1S/C14H19N3OS/c1-10(2)17-11(7-18)8-19-14-12-5-3-4-6-13(12)15-9-16-14/h3-6,9-11,17-18H,7-8H2,1-2H3. The van der Waals surface area contributed by atoms with Crippen molar-refractivity contribution in [1.29, 1.82) is 0 Å². The van der Waals surface area contributed by atoms with Crippen molar-refractivity contribution in [3.8, 4) is 0 Å². The molecule has 0 saturated heterocycles. The second-order valence-electron chi connectivity index (χ2n) is 4.71. The molecule has 1 heterocycles. The SMILES string of the molecule is CC(C)NC(CO)CSc1ncnc2ccccc12. The topological polar surface area (TPSA) is 58.0 Å². The Labute approximate surface area is 117 Å². The quantitative estimate of drug-likeness (QED) is 0.625. The Morgan fingerprint density at radius 3 is 2.79 bits per heavy atom. The molecule has 5 heteroatoms. The summed E-state index contributed by atoms with van der Waals surface area (Å²) < 4.78 is 0. The highest BCUT2D eigenvalue weighted by Gasteiger charge is 2.11. The maximum atomic E-state index is 9.36. The van der Waals surface area contributed by atoms with Crippen LogP contribution in [-0.2, 0) is 0 Å². The second kappa shape index (κ2) is 6.84. The van der Waals surface area contributed by atoms with Gasteiger partial charge in [-0.25, -0.2) is 9.97 Å². The van der Waals surface area contributed by atoms with Crippen molar-refractivity contribution < 1.29 is 5.11 Å². The van der Waals surface area contributed by atoms with Crippen molar-refractivity contribution in [2.24, 2.45) is 0 Å². The number of para-hydroxylation sites is 1. The van der Waals surface area contributed by atoms with E-state index in [0.717, 1.165) is 21.7 Å². The highest BCUT2D eigenvalue weighted by Crippen LogP contribution is 2.24. The van der Waals surface area contributed by atoms with Crippen LogP contribution >= 0.6 is 11.8 Å². The van der Waals surface area contributed by atoms with Gasteiger partial charge in [0.1, 0.15) is 11.4 Å². The van der Waals surface area contributed by atoms with Gasteiger partial charge in [0, 0.05) is 23.2 Å². The maximum absolute atomic E-state index is 9.36. The number of hydrogen-bond donors (Lipinski definition) is 2. The lowest BCUT2D eigenvalue weighted by Gasteiger charge is -2.18. The monoisotopic (exact) mass is 277 g/mol. The van der Waals surface area contributed by atoms with Crippen LogP contribution in [-0.4, -0.2) is 39.5 Å². The van der Waals surface area contributed by atoms with E-state index < -0.39 is 0 Å². The summed E-state index contributed by atoms with van der Waals surface area (Å²) in [4.78, 5) is 8.58. The normalized spacial score (nSPS) is 13.1. The number of aliphatic hydroxyl groups excluding tert-OH is 1. The summed E-state index contributed by atoms with van der Waals surface area (Å²) in [5.74, 6) is 0.787. The second-order valence-corrected chi connectivity index (χ2v) is 5.72. The minimum absolute atomic E-state index is 0.0822. The predicted molar refractivity (Wildman–Crippen MR) is 79.4 cm³/mol. The fourth-order valence-electron chi connectivity index (χ4n) is 1.90. The Morgan fingerprint density at radius 2 is 2.05 bits per heavy atom. The van der Waals surface area contributed by atoms with Gasteiger partial charge in [-0.3, -0.25) is 0 Å². The molecule has 2 aromatic rings. The number of aliphatic hydroxyl groups is 1. The predicted octanol–water partition coefficient (Wildman–Crippen LogP) is 2.08. The summed E-state index contributed by atoms with van der Waals surface area (Å²) >= 11 is 1.65. The zero-order chi connectivity index (χ0) is 13.7. The van der Waals surface area contributed by atoms with E-state index in [2.05, 4.69) is 29.1 Å². The lowest BCUT2D eigenvalue weighted by molar-refractivity contribution is 0.247. The van der Waals surface area contributed by atoms with E-state index in [1.54, 1.807) is 18.1 Å². The molecule has 0 aliphatic heterocycles. The highest BCUT2D eigenvalue weighted by atomic mass is 32.2. The molecule has 102 valence electrons. The van der Waals surface area contributed by atoms with E-state index in [-0.39, 0.29) is 12.6 Å². The minimum Gasteiger partial charge on any atom is -0.395 e. The molecule has 0 bridgehead atoms. The Kier molecular flexibility index (Phi) is 5.13. The first kappa shape index (κ1) is 14.2. The molecule has 2 N–H and O–H groups in total. The van der Waals surface area contributed by atoms with Gasteiger partial charge in [0.25, 0.3) is 0 Å². The third-order valence-corrected chi connectivity index (χ3v) is 3.88. The molecule has 0 fully saturated rings. The molecule has 0 spiro atoms. The van der Waals surface area contributed by atoms with Crippen LogP contribution < -0.4 is 5.32 Å². The van der Waals surface area contributed by atoms with Crippen LogP contribution in [0, 0.1) is 0 Å². The van der Waals surface area contributed by atoms with Gasteiger partial charge in [0.15, 0.2) is 0 Å². The number of thioether (sulfide) groups is 1. The Hall–Kier alpha value is -1.17. The molecule has 2 rings (SSSR count). The van der Waals surface area contributed by atoms with Crippen molar-refractivity contribution in [1.82, 2.24) is 15.3 Å². The molecular formula is C14H19N3OS. The number of fused-ring (bicyclic) bond motifs is 1. The Bertz CT molecular complexity index is 528. The summed E-state index contributed by atoms with van der Waals surface area (Å²) in [6.07, 6.45) is 1.59. The molecule has 0 aliphatic carbocycles. The van der Waals surface area contributed by atoms with E-state index in [1.807, 2.05) is 24.3 Å². The van der Waals surface area contributed by atoms with Crippen LogP contribution in [0.4, 0.5) is 0 Å². The van der Waals surface area contributed by atoms with Gasteiger partial charge in [-0.05, 0) is 6.07 Å². The summed E-state index contributed by atoms with van der Waals surface area (Å²) in [6, 6.07) is 8.42. The summed E-state index contributed by atoms with van der Waals surface area (Å²) in [7, 11) is 0. The first-order valence-corrected chi connectivity index (χ1v) is 7.38. The molecule has 1 atom stereocenters. The number of aromatic nitrogens is 2. The first-order chi connectivity index (χ1) is 9.20. The summed E-state index contributed by atoms with van der Waals surface area (Å²) in [5, 5.41) is 14.7. The van der Waals surface area contributed by atoms with Crippen LogP contribution in [0.3, 0.4) is 0 Å². The lowest BCUT2D eigenvalue weighted by Crippen LogP contribution is -2.39. The van der Waals surface area contributed by atoms with Crippen LogP contribution in [0.25, 0.3) is 10.9 Å². The molecule has 1 unspecified atom stereocenters. The van der Waals surface area contributed by atoms with Crippen LogP contribution in [0.15, 0.2) is 35.6 Å². The van der Waals surface area contributed by atoms with Crippen LogP contribution in [0.1, 0.15) is 13.8 Å². The first-order valence-electron chi connectivity index (χ1n) is 6.40. The summed E-state index contributed by atoms with van der Waals surface area (Å²) in [5.41, 5.74) is 0.956.